The monoisotopic (exact) mass is 336 g/mol. The van der Waals surface area contributed by atoms with E-state index < -0.39 is 11.4 Å². The number of nitrogens with zero attached hydrogens (tertiary/aromatic N) is 2. The number of hydrogen-bond acceptors (Lipinski definition) is 4. The zero-order valence-electron chi connectivity index (χ0n) is 13.3. The molecule has 0 bridgehead atoms. The van der Waals surface area contributed by atoms with E-state index in [0.29, 0.717) is 33.9 Å². The molecule has 6 heteroatoms. The van der Waals surface area contributed by atoms with Crippen LogP contribution in [0.25, 0.3) is 21.9 Å². The highest BCUT2D eigenvalue weighted by molar-refractivity contribution is 5.99. The molecule has 124 valence electrons. The molecule has 0 aliphatic heterocycles. The number of carbonyl (C=O) groups excluding carboxylic acids is 1. The maximum Gasteiger partial charge on any atom is 0.259 e. The highest BCUT2D eigenvalue weighted by Crippen LogP contribution is 2.32. The van der Waals surface area contributed by atoms with E-state index in [1.807, 2.05) is 6.07 Å². The first-order valence-corrected chi connectivity index (χ1v) is 7.45. The molecule has 0 saturated carbocycles. The number of pyridine rings is 1. The van der Waals surface area contributed by atoms with Crippen LogP contribution >= 0.6 is 0 Å². The van der Waals surface area contributed by atoms with Crippen LogP contribution in [0.3, 0.4) is 0 Å². The van der Waals surface area contributed by atoms with Gasteiger partial charge in [-0.05, 0) is 35.9 Å². The number of carbonyl (C=O) groups is 1. The van der Waals surface area contributed by atoms with Crippen molar-refractivity contribution in [1.29, 1.82) is 5.26 Å². The highest BCUT2D eigenvalue weighted by Gasteiger charge is 2.19. The maximum atomic E-state index is 13.7. The lowest BCUT2D eigenvalue weighted by molar-refractivity contribution is -0.108. The largest absolute Gasteiger partial charge is 0.497 e. The summed E-state index contributed by atoms with van der Waals surface area (Å²) in [6.45, 7) is -0.258. The second-order valence-corrected chi connectivity index (χ2v) is 5.34. The fraction of sp³-hybridized carbons (Fsp3) is 0.105. The van der Waals surface area contributed by atoms with Gasteiger partial charge in [-0.2, -0.15) is 5.26 Å². The molecule has 0 fully saturated rings. The zero-order chi connectivity index (χ0) is 18.0. The number of rotatable bonds is 4. The van der Waals surface area contributed by atoms with Gasteiger partial charge in [0.05, 0.1) is 13.7 Å². The summed E-state index contributed by atoms with van der Waals surface area (Å²) in [5.74, 6) is 0.0344. The van der Waals surface area contributed by atoms with Crippen LogP contribution in [0.1, 0.15) is 5.69 Å². The van der Waals surface area contributed by atoms with Crippen LogP contribution in [-0.4, -0.2) is 18.0 Å². The Morgan fingerprint density at radius 3 is 2.68 bits per heavy atom. The van der Waals surface area contributed by atoms with E-state index in [-0.39, 0.29) is 12.2 Å². The summed E-state index contributed by atoms with van der Waals surface area (Å²) in [5, 5.41) is 10.4. The minimum Gasteiger partial charge on any atom is -0.497 e. The molecule has 0 amide bonds. The first-order valence-electron chi connectivity index (χ1n) is 7.45. The Kier molecular flexibility index (Phi) is 4.31. The number of aldehydes is 1. The number of benzene rings is 2. The SMILES string of the molecule is COc1ccc2c(=O)n(CC=O)c(C#N)c(-c3cccc(F)c3)c2c1. The molecular weight excluding hydrogens is 323 g/mol. The van der Waals surface area contributed by atoms with E-state index in [0.717, 1.165) is 4.57 Å². The summed E-state index contributed by atoms with van der Waals surface area (Å²) in [7, 11) is 1.49. The second kappa shape index (κ2) is 6.57. The number of halogens is 1. The molecule has 0 atom stereocenters. The van der Waals surface area contributed by atoms with Crippen LogP contribution in [0.5, 0.6) is 5.75 Å². The standard InChI is InChI=1S/C19H13FN2O3/c1-25-14-5-6-15-16(10-14)18(12-3-2-4-13(20)9-12)17(11-21)22(7-8-23)19(15)24/h2-6,8-10H,7H2,1H3. The molecule has 0 aliphatic rings. The van der Waals surface area contributed by atoms with Gasteiger partial charge in [-0.3, -0.25) is 9.36 Å². The molecule has 0 N–H and O–H groups in total. The van der Waals surface area contributed by atoms with E-state index in [2.05, 4.69) is 0 Å². The number of methoxy groups -OCH3 is 1. The lowest BCUT2D eigenvalue weighted by Gasteiger charge is -2.15. The Morgan fingerprint density at radius 1 is 1.24 bits per heavy atom. The zero-order valence-corrected chi connectivity index (χ0v) is 13.3. The molecule has 2 aromatic carbocycles. The lowest BCUT2D eigenvalue weighted by atomic mass is 9.96. The Balaban J connectivity index is 2.54. The Morgan fingerprint density at radius 2 is 2.04 bits per heavy atom. The van der Waals surface area contributed by atoms with Crippen LogP contribution in [0.15, 0.2) is 47.3 Å². The van der Waals surface area contributed by atoms with Gasteiger partial charge in [-0.25, -0.2) is 4.39 Å². The number of ether oxygens (including phenoxy) is 1. The summed E-state index contributed by atoms with van der Waals surface area (Å²) in [5.41, 5.74) is 0.372. The fourth-order valence-electron chi connectivity index (χ4n) is 2.85. The third-order valence-electron chi connectivity index (χ3n) is 3.95. The van der Waals surface area contributed by atoms with E-state index in [1.165, 1.54) is 25.3 Å². The number of fused-ring (bicyclic) bond motifs is 1. The summed E-state index contributed by atoms with van der Waals surface area (Å²) < 4.78 is 20.0. The van der Waals surface area contributed by atoms with Crippen molar-refractivity contribution in [3.63, 3.8) is 0 Å². The van der Waals surface area contributed by atoms with Crippen molar-refractivity contribution < 1.29 is 13.9 Å². The quantitative estimate of drug-likeness (QED) is 0.687. The van der Waals surface area contributed by atoms with Crippen LogP contribution in [0.2, 0.25) is 0 Å². The lowest BCUT2D eigenvalue weighted by Crippen LogP contribution is -2.24. The first-order chi connectivity index (χ1) is 12.1. The summed E-state index contributed by atoms with van der Waals surface area (Å²) >= 11 is 0. The van der Waals surface area contributed by atoms with Gasteiger partial charge in [-0.15, -0.1) is 0 Å². The summed E-state index contributed by atoms with van der Waals surface area (Å²) in [4.78, 5) is 23.7. The van der Waals surface area contributed by atoms with Crippen molar-refractivity contribution in [2.24, 2.45) is 0 Å². The van der Waals surface area contributed by atoms with E-state index >= 15 is 0 Å². The molecule has 3 rings (SSSR count). The summed E-state index contributed by atoms with van der Waals surface area (Å²) in [6, 6.07) is 12.5. The van der Waals surface area contributed by atoms with Crippen LogP contribution < -0.4 is 10.3 Å². The maximum absolute atomic E-state index is 13.7. The molecule has 0 spiro atoms. The number of nitriles is 1. The molecule has 0 aliphatic carbocycles. The van der Waals surface area contributed by atoms with Crippen LogP contribution in [0.4, 0.5) is 4.39 Å². The van der Waals surface area contributed by atoms with Crippen LogP contribution in [0, 0.1) is 17.1 Å². The molecule has 1 aromatic heterocycles. The van der Waals surface area contributed by atoms with Gasteiger partial charge >= 0.3 is 0 Å². The molecule has 0 saturated heterocycles. The minimum absolute atomic E-state index is 0.00320. The van der Waals surface area contributed by atoms with Gasteiger partial charge in [0.1, 0.15) is 29.6 Å². The van der Waals surface area contributed by atoms with E-state index in [9.17, 15) is 19.2 Å². The van der Waals surface area contributed by atoms with Crippen molar-refractivity contribution >= 4 is 17.1 Å². The van der Waals surface area contributed by atoms with Gasteiger partial charge in [0.15, 0.2) is 0 Å². The smallest absolute Gasteiger partial charge is 0.259 e. The highest BCUT2D eigenvalue weighted by atomic mass is 19.1. The van der Waals surface area contributed by atoms with E-state index in [1.54, 1.807) is 24.3 Å². The molecule has 0 radical (unpaired) electrons. The average Bonchev–Trinajstić information content (AvgIpc) is 2.63. The van der Waals surface area contributed by atoms with Crippen molar-refractivity contribution in [2.45, 2.75) is 6.54 Å². The third kappa shape index (κ3) is 2.76. The normalized spacial score (nSPS) is 10.4. The molecular formula is C19H13FN2O3. The number of aromatic nitrogens is 1. The van der Waals surface area contributed by atoms with Crippen molar-refractivity contribution in [3.05, 3.63) is 64.3 Å². The van der Waals surface area contributed by atoms with Crippen molar-refractivity contribution in [1.82, 2.24) is 4.57 Å². The number of hydrogen-bond donors (Lipinski definition) is 0. The molecule has 25 heavy (non-hydrogen) atoms. The molecule has 3 aromatic rings. The van der Waals surface area contributed by atoms with E-state index in [4.69, 9.17) is 4.74 Å². The minimum atomic E-state index is -0.467. The second-order valence-electron chi connectivity index (χ2n) is 5.34. The van der Waals surface area contributed by atoms with Gasteiger partial charge in [-0.1, -0.05) is 12.1 Å². The van der Waals surface area contributed by atoms with Crippen molar-refractivity contribution in [3.8, 4) is 22.9 Å². The predicted octanol–water partition coefficient (Wildman–Crippen LogP) is 2.89. The van der Waals surface area contributed by atoms with Crippen LogP contribution in [-0.2, 0) is 11.3 Å². The van der Waals surface area contributed by atoms with Gasteiger partial charge < -0.3 is 9.53 Å². The Labute approximate surface area is 142 Å². The van der Waals surface area contributed by atoms with Crippen molar-refractivity contribution in [2.75, 3.05) is 7.11 Å². The summed E-state index contributed by atoms with van der Waals surface area (Å²) in [6.07, 6.45) is 0.549. The van der Waals surface area contributed by atoms with Gasteiger partial charge in [0.25, 0.3) is 5.56 Å². The fourth-order valence-corrected chi connectivity index (χ4v) is 2.85. The van der Waals surface area contributed by atoms with Gasteiger partial charge in [0.2, 0.25) is 0 Å². The topological polar surface area (TPSA) is 72.1 Å². The molecule has 1 heterocycles. The first kappa shape index (κ1) is 16.4. The molecule has 0 unspecified atom stereocenters. The molecule has 5 nitrogen and oxygen atoms in total. The predicted molar refractivity (Wildman–Crippen MR) is 90.9 cm³/mol. The van der Waals surface area contributed by atoms with Gasteiger partial charge in [0, 0.05) is 16.3 Å². The Bertz CT molecular complexity index is 1080. The third-order valence-corrected chi connectivity index (χ3v) is 3.95. The average molecular weight is 336 g/mol. The Hall–Kier alpha value is -3.46.